The van der Waals surface area contributed by atoms with Gasteiger partial charge in [0, 0.05) is 0 Å². The van der Waals surface area contributed by atoms with Gasteiger partial charge in [-0.05, 0) is 24.5 Å². The fourth-order valence-corrected chi connectivity index (χ4v) is 1.33. The van der Waals surface area contributed by atoms with Gasteiger partial charge in [0.15, 0.2) is 0 Å². The SMILES string of the molecule is O=C([O-])/C=C(/CCCS(=O)(=O)O)C(=O)[O-].[NH4+].[NH4+]. The fraction of sp³-hybridized carbons (Fsp3) is 0.429. The summed E-state index contributed by atoms with van der Waals surface area (Å²) in [5, 5.41) is 20.3. The summed E-state index contributed by atoms with van der Waals surface area (Å²) in [5.41, 5.74) is -0.585. The number of carboxylic acids is 2. The van der Waals surface area contributed by atoms with Crippen molar-refractivity contribution in [3.05, 3.63) is 11.6 Å². The molecule has 0 saturated carbocycles. The average molecular weight is 272 g/mol. The molecule has 0 fully saturated rings. The predicted octanol–water partition coefficient (Wildman–Crippen LogP) is -2.17. The maximum Gasteiger partial charge on any atom is 0.264 e. The fourth-order valence-electron chi connectivity index (χ4n) is 0.820. The molecule has 102 valence electrons. The maximum atomic E-state index is 10.3. The molecule has 0 spiro atoms. The second-order valence-corrected chi connectivity index (χ2v) is 4.24. The van der Waals surface area contributed by atoms with Gasteiger partial charge in [-0.15, -0.1) is 0 Å². The van der Waals surface area contributed by atoms with Crippen LogP contribution in [0.15, 0.2) is 11.6 Å². The number of hydrogen-bond acceptors (Lipinski definition) is 6. The van der Waals surface area contributed by atoms with Crippen molar-refractivity contribution in [2.45, 2.75) is 12.8 Å². The summed E-state index contributed by atoms with van der Waals surface area (Å²) < 4.78 is 28.8. The van der Waals surface area contributed by atoms with Gasteiger partial charge in [-0.3, -0.25) is 4.55 Å². The lowest BCUT2D eigenvalue weighted by atomic mass is 10.1. The number of quaternary nitrogens is 2. The molecule has 0 aromatic heterocycles. The van der Waals surface area contributed by atoms with Gasteiger partial charge in [-0.1, -0.05) is 0 Å². The van der Waals surface area contributed by atoms with Crippen LogP contribution in [0.1, 0.15) is 12.8 Å². The normalized spacial score (nSPS) is 11.0. The number of rotatable bonds is 6. The molecular weight excluding hydrogens is 256 g/mol. The van der Waals surface area contributed by atoms with Gasteiger partial charge in [-0.25, -0.2) is 0 Å². The average Bonchev–Trinajstić information content (AvgIpc) is 1.99. The van der Waals surface area contributed by atoms with E-state index in [-0.39, 0.29) is 25.1 Å². The Bertz CT molecular complexity index is 387. The Labute approximate surface area is 98.1 Å². The van der Waals surface area contributed by atoms with Crippen molar-refractivity contribution < 1.29 is 32.8 Å². The van der Waals surface area contributed by atoms with Crippen molar-refractivity contribution in [1.29, 1.82) is 0 Å². The van der Waals surface area contributed by atoms with Gasteiger partial charge in [0.1, 0.15) is 0 Å². The molecule has 9 nitrogen and oxygen atoms in total. The van der Waals surface area contributed by atoms with Crippen molar-refractivity contribution >= 4 is 22.1 Å². The maximum absolute atomic E-state index is 10.3. The first-order valence-corrected chi connectivity index (χ1v) is 5.41. The standard InChI is InChI=1S/C7H10O7S.2H3N/c8-6(9)4-5(7(10)11)2-1-3-15(12,13)14;;/h4H,1-3H2,(H,8,9)(H,10,11)(H,12,13,14);2*1H3/b5-4-;;. The van der Waals surface area contributed by atoms with Crippen molar-refractivity contribution in [2.24, 2.45) is 0 Å². The summed E-state index contributed by atoms with van der Waals surface area (Å²) in [7, 11) is -4.18. The van der Waals surface area contributed by atoms with E-state index >= 15 is 0 Å². The smallest absolute Gasteiger partial charge is 0.264 e. The van der Waals surface area contributed by atoms with Crippen LogP contribution in [-0.4, -0.2) is 30.7 Å². The van der Waals surface area contributed by atoms with Gasteiger partial charge in [0.05, 0.1) is 17.7 Å². The molecule has 0 atom stereocenters. The predicted molar refractivity (Wildman–Crippen MR) is 55.7 cm³/mol. The summed E-state index contributed by atoms with van der Waals surface area (Å²) >= 11 is 0. The minimum Gasteiger partial charge on any atom is -0.545 e. The van der Waals surface area contributed by atoms with E-state index in [1.807, 2.05) is 0 Å². The molecule has 0 rings (SSSR count). The molecule has 0 aliphatic heterocycles. The summed E-state index contributed by atoms with van der Waals surface area (Å²) in [6.07, 6.45) is -0.235. The van der Waals surface area contributed by atoms with Gasteiger partial charge in [0.2, 0.25) is 0 Å². The van der Waals surface area contributed by atoms with Crippen LogP contribution in [0.5, 0.6) is 0 Å². The zero-order chi connectivity index (χ0) is 12.1. The Hall–Kier alpha value is -1.49. The van der Waals surface area contributed by atoms with E-state index in [2.05, 4.69) is 0 Å². The van der Waals surface area contributed by atoms with Gasteiger partial charge in [-0.2, -0.15) is 8.42 Å². The van der Waals surface area contributed by atoms with E-state index in [1.165, 1.54) is 0 Å². The van der Waals surface area contributed by atoms with Crippen LogP contribution in [0.4, 0.5) is 0 Å². The van der Waals surface area contributed by atoms with Crippen LogP contribution in [0.3, 0.4) is 0 Å². The minimum atomic E-state index is -4.18. The van der Waals surface area contributed by atoms with Crippen LogP contribution >= 0.6 is 0 Å². The Balaban J connectivity index is -0.000000980. The molecule has 0 aromatic carbocycles. The third-order valence-corrected chi connectivity index (χ3v) is 2.21. The minimum absolute atomic E-state index is 0. The lowest BCUT2D eigenvalue weighted by molar-refractivity contribution is -0.303. The lowest BCUT2D eigenvalue weighted by Gasteiger charge is -2.08. The second-order valence-electron chi connectivity index (χ2n) is 2.67. The van der Waals surface area contributed by atoms with E-state index < -0.39 is 33.4 Å². The Morgan fingerprint density at radius 2 is 1.65 bits per heavy atom. The van der Waals surface area contributed by atoms with Crippen molar-refractivity contribution in [3.63, 3.8) is 0 Å². The second kappa shape index (κ2) is 8.64. The van der Waals surface area contributed by atoms with E-state index in [0.717, 1.165) is 0 Å². The number of aliphatic carboxylic acids is 2. The van der Waals surface area contributed by atoms with Gasteiger partial charge in [0.25, 0.3) is 10.1 Å². The Kier molecular flexibility index (Phi) is 10.6. The molecule has 0 saturated heterocycles. The van der Waals surface area contributed by atoms with Crippen molar-refractivity contribution in [3.8, 4) is 0 Å². The summed E-state index contributed by atoms with van der Waals surface area (Å²) in [5.74, 6) is -4.07. The van der Waals surface area contributed by atoms with Crippen LogP contribution in [-0.2, 0) is 19.7 Å². The van der Waals surface area contributed by atoms with E-state index in [0.29, 0.717) is 6.08 Å². The highest BCUT2D eigenvalue weighted by atomic mass is 32.2. The molecule has 0 aliphatic rings. The number of carboxylic acid groups (broad SMARTS) is 2. The van der Waals surface area contributed by atoms with Crippen molar-refractivity contribution in [2.75, 3.05) is 5.75 Å². The first-order chi connectivity index (χ1) is 6.72. The van der Waals surface area contributed by atoms with Crippen LogP contribution < -0.4 is 22.5 Å². The third kappa shape index (κ3) is 12.4. The molecule has 10 heteroatoms. The van der Waals surface area contributed by atoms with Crippen LogP contribution in [0.2, 0.25) is 0 Å². The molecule has 17 heavy (non-hydrogen) atoms. The van der Waals surface area contributed by atoms with Gasteiger partial charge < -0.3 is 32.1 Å². The van der Waals surface area contributed by atoms with Crippen LogP contribution in [0, 0.1) is 0 Å². The Morgan fingerprint density at radius 1 is 1.18 bits per heavy atom. The molecule has 0 amide bonds. The zero-order valence-corrected chi connectivity index (χ0v) is 10.3. The van der Waals surface area contributed by atoms with Gasteiger partial charge >= 0.3 is 0 Å². The number of carbonyl (C=O) groups excluding carboxylic acids is 2. The number of carbonyl (C=O) groups is 2. The van der Waals surface area contributed by atoms with Crippen molar-refractivity contribution in [1.82, 2.24) is 12.3 Å². The molecule has 0 aliphatic carbocycles. The van der Waals surface area contributed by atoms with Crippen LogP contribution in [0.25, 0.3) is 0 Å². The molecule has 0 bridgehead atoms. The Morgan fingerprint density at radius 3 is 1.94 bits per heavy atom. The highest BCUT2D eigenvalue weighted by molar-refractivity contribution is 7.85. The molecule has 0 unspecified atom stereocenters. The number of hydrogen-bond donors (Lipinski definition) is 3. The highest BCUT2D eigenvalue weighted by Crippen LogP contribution is 2.05. The first-order valence-electron chi connectivity index (χ1n) is 3.80. The molecule has 9 N–H and O–H groups in total. The quantitative estimate of drug-likeness (QED) is 0.359. The monoisotopic (exact) mass is 272 g/mol. The highest BCUT2D eigenvalue weighted by Gasteiger charge is 2.06. The summed E-state index contributed by atoms with van der Waals surface area (Å²) in [4.78, 5) is 20.3. The summed E-state index contributed by atoms with van der Waals surface area (Å²) in [6.45, 7) is 0. The van der Waals surface area contributed by atoms with E-state index in [9.17, 15) is 28.2 Å². The third-order valence-electron chi connectivity index (χ3n) is 1.40. The molecule has 0 radical (unpaired) electrons. The van der Waals surface area contributed by atoms with E-state index in [1.54, 1.807) is 0 Å². The topological polar surface area (TPSA) is 208 Å². The molecule has 0 aromatic rings. The summed E-state index contributed by atoms with van der Waals surface area (Å²) in [6, 6.07) is 0. The first kappa shape index (κ1) is 20.9. The largest absolute Gasteiger partial charge is 0.545 e. The molecule has 0 heterocycles. The zero-order valence-electron chi connectivity index (χ0n) is 9.50. The lowest BCUT2D eigenvalue weighted by Crippen LogP contribution is -2.28. The van der Waals surface area contributed by atoms with E-state index in [4.69, 9.17) is 4.55 Å². The molecular formula is C7H16N2O7S.